The number of aliphatic carboxylic acids is 3. The van der Waals surface area contributed by atoms with Gasteiger partial charge in [-0.2, -0.15) is 0 Å². The Morgan fingerprint density at radius 1 is 0.617 bits per heavy atom. The van der Waals surface area contributed by atoms with E-state index in [1.54, 1.807) is 7.05 Å². The molecule has 1 unspecified atom stereocenters. The SMILES string of the molecule is CNC(CCCCNC(=O)CC[C@H](CC(=O)CC[C@H](NC(=O)COCCOCCNC(=O)COCCOC)C(=O)O)C(=O)O)C(=O)O. The van der Waals surface area contributed by atoms with Crippen LogP contribution in [0.25, 0.3) is 0 Å². The summed E-state index contributed by atoms with van der Waals surface area (Å²) in [7, 11) is 3.06. The fourth-order valence-corrected chi connectivity index (χ4v) is 3.98. The Labute approximate surface area is 273 Å². The Kier molecular flexibility index (Phi) is 25.2. The summed E-state index contributed by atoms with van der Waals surface area (Å²) in [6.07, 6.45) is 0.261. The number of unbranched alkanes of at least 4 members (excludes halogenated alkanes) is 1. The molecule has 7 N–H and O–H groups in total. The van der Waals surface area contributed by atoms with Gasteiger partial charge in [0.1, 0.15) is 31.1 Å². The zero-order valence-electron chi connectivity index (χ0n) is 27.1. The zero-order valence-corrected chi connectivity index (χ0v) is 27.1. The molecular formula is C29H50N4O14. The lowest BCUT2D eigenvalue weighted by Crippen LogP contribution is -2.43. The Morgan fingerprint density at radius 2 is 1.23 bits per heavy atom. The van der Waals surface area contributed by atoms with Crippen molar-refractivity contribution in [2.75, 3.05) is 73.5 Å². The fourth-order valence-electron chi connectivity index (χ4n) is 3.98. The first kappa shape index (κ1) is 43.3. The number of hydrogen-bond donors (Lipinski definition) is 7. The van der Waals surface area contributed by atoms with Gasteiger partial charge in [0.2, 0.25) is 17.7 Å². The number of amides is 3. The number of ketones is 1. The maximum Gasteiger partial charge on any atom is 0.326 e. The van der Waals surface area contributed by atoms with E-state index in [1.165, 1.54) is 7.11 Å². The van der Waals surface area contributed by atoms with Crippen LogP contribution in [0.3, 0.4) is 0 Å². The van der Waals surface area contributed by atoms with Gasteiger partial charge < -0.3 is 55.5 Å². The topological polar surface area (TPSA) is 265 Å². The van der Waals surface area contributed by atoms with Gasteiger partial charge in [-0.05, 0) is 39.2 Å². The third-order valence-corrected chi connectivity index (χ3v) is 6.62. The Bertz CT molecular complexity index is 981. The van der Waals surface area contributed by atoms with E-state index in [2.05, 4.69) is 21.3 Å². The number of hydrogen-bond acceptors (Lipinski definition) is 12. The molecule has 0 rings (SSSR count). The van der Waals surface area contributed by atoms with Gasteiger partial charge in [-0.1, -0.05) is 0 Å². The Hall–Kier alpha value is -3.71. The number of Topliss-reactive ketones (excluding diaryl/α,β-unsaturated/α-hetero) is 1. The number of carboxylic acid groups (broad SMARTS) is 3. The highest BCUT2D eigenvalue weighted by Crippen LogP contribution is 2.15. The lowest BCUT2D eigenvalue weighted by molar-refractivity contribution is -0.145. The van der Waals surface area contributed by atoms with Crippen LogP contribution < -0.4 is 21.3 Å². The van der Waals surface area contributed by atoms with E-state index >= 15 is 0 Å². The number of methoxy groups -OCH3 is 1. The highest BCUT2D eigenvalue weighted by Gasteiger charge is 2.25. The molecule has 0 bridgehead atoms. The summed E-state index contributed by atoms with van der Waals surface area (Å²) in [5, 5.41) is 38.0. The van der Waals surface area contributed by atoms with Gasteiger partial charge >= 0.3 is 17.9 Å². The normalized spacial score (nSPS) is 12.8. The Morgan fingerprint density at radius 3 is 1.85 bits per heavy atom. The smallest absolute Gasteiger partial charge is 0.326 e. The molecule has 0 radical (unpaired) electrons. The highest BCUT2D eigenvalue weighted by atomic mass is 16.5. The van der Waals surface area contributed by atoms with Crippen LogP contribution in [0, 0.1) is 5.92 Å². The summed E-state index contributed by atoms with van der Waals surface area (Å²) < 4.78 is 20.3. The van der Waals surface area contributed by atoms with Crippen molar-refractivity contribution in [2.24, 2.45) is 5.92 Å². The van der Waals surface area contributed by atoms with Crippen LogP contribution in [-0.4, -0.2) is 142 Å². The molecule has 0 fully saturated rings. The molecule has 0 saturated carbocycles. The van der Waals surface area contributed by atoms with Gasteiger partial charge in [0.05, 0.1) is 39.0 Å². The average Bonchev–Trinajstić information content (AvgIpc) is 3.01. The maximum absolute atomic E-state index is 12.4. The van der Waals surface area contributed by atoms with Crippen LogP contribution in [0.15, 0.2) is 0 Å². The lowest BCUT2D eigenvalue weighted by Gasteiger charge is -2.15. The van der Waals surface area contributed by atoms with Gasteiger partial charge in [-0.15, -0.1) is 0 Å². The fraction of sp³-hybridized carbons (Fsp3) is 0.759. The van der Waals surface area contributed by atoms with E-state index in [9.17, 15) is 43.8 Å². The standard InChI is InChI=1S/C29H50N4O14/c1-30-22(28(40)41)5-3-4-10-31-24(35)9-6-20(27(38)39)17-21(34)7-8-23(29(42)43)33-26(37)19-47-16-15-45-12-11-32-25(36)18-46-14-13-44-2/h20,22-23,30H,3-19H2,1-2H3,(H,31,35)(H,32,36)(H,33,37)(H,38,39)(H,40,41)(H,42,43)/t20-,22?,23+/m1/s1. The van der Waals surface area contributed by atoms with E-state index in [4.69, 9.17) is 24.1 Å². The molecule has 0 aromatic rings. The summed E-state index contributed by atoms with van der Waals surface area (Å²) in [6.45, 7) is 0.985. The number of rotatable bonds is 31. The van der Waals surface area contributed by atoms with Crippen molar-refractivity contribution < 1.29 is 67.8 Å². The van der Waals surface area contributed by atoms with Crippen molar-refractivity contribution in [2.45, 2.75) is 63.5 Å². The van der Waals surface area contributed by atoms with E-state index in [1.807, 2.05) is 0 Å². The molecule has 18 heteroatoms. The average molecular weight is 679 g/mol. The largest absolute Gasteiger partial charge is 0.481 e. The second-order valence-corrected chi connectivity index (χ2v) is 10.4. The molecule has 3 atom stereocenters. The van der Waals surface area contributed by atoms with Crippen LogP contribution in [0.2, 0.25) is 0 Å². The number of ether oxygens (including phenoxy) is 4. The molecule has 0 aromatic carbocycles. The third-order valence-electron chi connectivity index (χ3n) is 6.62. The van der Waals surface area contributed by atoms with Crippen molar-refractivity contribution in [1.29, 1.82) is 0 Å². The predicted molar refractivity (Wildman–Crippen MR) is 163 cm³/mol. The zero-order chi connectivity index (χ0) is 35.5. The minimum atomic E-state index is -1.40. The molecule has 0 aliphatic rings. The molecule has 270 valence electrons. The monoisotopic (exact) mass is 678 g/mol. The van der Waals surface area contributed by atoms with Crippen molar-refractivity contribution in [3.63, 3.8) is 0 Å². The predicted octanol–water partition coefficient (Wildman–Crippen LogP) is -1.45. The number of carboxylic acids is 3. The summed E-state index contributed by atoms with van der Waals surface area (Å²) in [5.74, 6) is -6.73. The van der Waals surface area contributed by atoms with E-state index in [0.717, 1.165) is 0 Å². The van der Waals surface area contributed by atoms with Gasteiger partial charge in [0, 0.05) is 39.5 Å². The maximum atomic E-state index is 12.4. The summed E-state index contributed by atoms with van der Waals surface area (Å²) in [4.78, 5) is 82.3. The van der Waals surface area contributed by atoms with Crippen molar-refractivity contribution in [3.8, 4) is 0 Å². The summed E-state index contributed by atoms with van der Waals surface area (Å²) in [6, 6.07) is -2.08. The highest BCUT2D eigenvalue weighted by molar-refractivity contribution is 5.87. The first-order valence-corrected chi connectivity index (χ1v) is 15.3. The summed E-state index contributed by atoms with van der Waals surface area (Å²) in [5.41, 5.74) is 0. The van der Waals surface area contributed by atoms with E-state index in [0.29, 0.717) is 39.0 Å². The van der Waals surface area contributed by atoms with Crippen LogP contribution in [-0.2, 0) is 52.5 Å². The van der Waals surface area contributed by atoms with Crippen LogP contribution in [0.5, 0.6) is 0 Å². The molecule has 0 aromatic heterocycles. The van der Waals surface area contributed by atoms with Crippen molar-refractivity contribution in [1.82, 2.24) is 21.3 Å². The first-order chi connectivity index (χ1) is 22.4. The first-order valence-electron chi connectivity index (χ1n) is 15.3. The third kappa shape index (κ3) is 24.2. The lowest BCUT2D eigenvalue weighted by atomic mass is 9.94. The van der Waals surface area contributed by atoms with Crippen molar-refractivity contribution in [3.05, 3.63) is 0 Å². The molecular weight excluding hydrogens is 628 g/mol. The molecule has 47 heavy (non-hydrogen) atoms. The van der Waals surface area contributed by atoms with Gasteiger partial charge in [-0.3, -0.25) is 28.8 Å². The van der Waals surface area contributed by atoms with Crippen molar-refractivity contribution >= 4 is 41.4 Å². The minimum Gasteiger partial charge on any atom is -0.481 e. The molecule has 0 aliphatic heterocycles. The van der Waals surface area contributed by atoms with Crippen LogP contribution in [0.4, 0.5) is 0 Å². The number of likely N-dealkylation sites (N-methyl/N-ethyl adjacent to an activating group) is 1. The quantitative estimate of drug-likeness (QED) is 0.0414. The summed E-state index contributed by atoms with van der Waals surface area (Å²) >= 11 is 0. The second-order valence-electron chi connectivity index (χ2n) is 10.4. The number of nitrogens with one attached hydrogen (secondary N) is 4. The van der Waals surface area contributed by atoms with E-state index < -0.39 is 66.5 Å². The van der Waals surface area contributed by atoms with Crippen LogP contribution in [0.1, 0.15) is 51.4 Å². The van der Waals surface area contributed by atoms with Gasteiger partial charge in [0.15, 0.2) is 0 Å². The van der Waals surface area contributed by atoms with Gasteiger partial charge in [-0.25, -0.2) is 4.79 Å². The number of carbonyl (C=O) groups excluding carboxylic acids is 4. The van der Waals surface area contributed by atoms with E-state index in [-0.39, 0.29) is 64.6 Å². The molecule has 0 heterocycles. The Balaban J connectivity index is 4.25. The molecule has 18 nitrogen and oxygen atoms in total. The molecule has 3 amide bonds. The minimum absolute atomic E-state index is 0.0240. The second kappa shape index (κ2) is 27.4. The molecule has 0 aliphatic carbocycles. The molecule has 0 spiro atoms. The van der Waals surface area contributed by atoms with Gasteiger partial charge in [0.25, 0.3) is 0 Å². The molecule has 0 saturated heterocycles. The van der Waals surface area contributed by atoms with Crippen LogP contribution >= 0.6 is 0 Å². The number of carbonyl (C=O) groups is 7.